The molecule has 6 heteroatoms. The molecular formula is C13H14BrN3OS. The van der Waals surface area contributed by atoms with E-state index in [4.69, 9.17) is 0 Å². The summed E-state index contributed by atoms with van der Waals surface area (Å²) in [5, 5.41) is 8.12. The molecule has 0 atom stereocenters. The minimum atomic E-state index is -0.0545. The number of pyridine rings is 1. The number of rotatable bonds is 4. The number of hydrogen-bond donors (Lipinski definition) is 2. The van der Waals surface area contributed by atoms with Crippen LogP contribution in [-0.2, 0) is 11.3 Å². The minimum Gasteiger partial charge on any atom is -0.379 e. The summed E-state index contributed by atoms with van der Waals surface area (Å²) in [6, 6.07) is 5.80. The molecule has 1 amide bonds. The Balaban J connectivity index is 2.06. The molecule has 0 aliphatic carbocycles. The molecule has 2 rings (SSSR count). The van der Waals surface area contributed by atoms with Crippen molar-refractivity contribution in [2.75, 3.05) is 10.6 Å². The second kappa shape index (κ2) is 6.16. The standard InChI is InChI=1S/C13H14BrN3OS/c1-8-10(3-4-13(14)16-8)15-7-12-11(5-6-19-12)17-9(2)18/h3-6,15H,7H2,1-2H3,(H,17,18). The molecule has 2 aromatic rings. The number of carbonyl (C=O) groups excluding carboxylic acids is 1. The van der Waals surface area contributed by atoms with Gasteiger partial charge in [0.2, 0.25) is 5.91 Å². The van der Waals surface area contributed by atoms with E-state index in [9.17, 15) is 4.79 Å². The maximum atomic E-state index is 11.1. The highest BCUT2D eigenvalue weighted by molar-refractivity contribution is 9.10. The molecule has 2 aromatic heterocycles. The zero-order valence-electron chi connectivity index (χ0n) is 10.7. The third-order valence-electron chi connectivity index (χ3n) is 2.55. The van der Waals surface area contributed by atoms with Crippen LogP contribution in [0.3, 0.4) is 0 Å². The van der Waals surface area contributed by atoms with Crippen LogP contribution in [0.5, 0.6) is 0 Å². The molecule has 0 radical (unpaired) electrons. The number of halogens is 1. The van der Waals surface area contributed by atoms with E-state index in [-0.39, 0.29) is 5.91 Å². The molecule has 19 heavy (non-hydrogen) atoms. The second-order valence-electron chi connectivity index (χ2n) is 4.06. The van der Waals surface area contributed by atoms with Gasteiger partial charge in [-0.15, -0.1) is 11.3 Å². The molecule has 0 saturated heterocycles. The molecule has 4 nitrogen and oxygen atoms in total. The maximum absolute atomic E-state index is 11.1. The largest absolute Gasteiger partial charge is 0.379 e. The van der Waals surface area contributed by atoms with E-state index in [1.807, 2.05) is 30.5 Å². The van der Waals surface area contributed by atoms with Gasteiger partial charge in [-0.05, 0) is 46.4 Å². The van der Waals surface area contributed by atoms with Gasteiger partial charge in [-0.3, -0.25) is 4.79 Å². The number of amides is 1. The highest BCUT2D eigenvalue weighted by Gasteiger charge is 2.06. The first-order valence-corrected chi connectivity index (χ1v) is 7.44. The van der Waals surface area contributed by atoms with Crippen LogP contribution in [0.1, 0.15) is 17.5 Å². The van der Waals surface area contributed by atoms with Crippen LogP contribution in [-0.4, -0.2) is 10.9 Å². The fourth-order valence-electron chi connectivity index (χ4n) is 1.67. The number of thiophene rings is 1. The Kier molecular flexibility index (Phi) is 4.55. The van der Waals surface area contributed by atoms with E-state index in [1.54, 1.807) is 11.3 Å². The molecule has 0 aromatic carbocycles. The second-order valence-corrected chi connectivity index (χ2v) is 5.87. The van der Waals surface area contributed by atoms with E-state index < -0.39 is 0 Å². The van der Waals surface area contributed by atoms with Gasteiger partial charge in [0.05, 0.1) is 23.6 Å². The molecule has 2 heterocycles. The number of nitrogens with zero attached hydrogens (tertiary/aromatic N) is 1. The SMILES string of the molecule is CC(=O)Nc1ccsc1CNc1ccc(Br)nc1C. The van der Waals surface area contributed by atoms with E-state index >= 15 is 0 Å². The van der Waals surface area contributed by atoms with E-state index in [2.05, 4.69) is 31.5 Å². The van der Waals surface area contributed by atoms with Crippen molar-refractivity contribution in [1.82, 2.24) is 4.98 Å². The number of nitrogens with one attached hydrogen (secondary N) is 2. The highest BCUT2D eigenvalue weighted by atomic mass is 79.9. The van der Waals surface area contributed by atoms with Gasteiger partial charge in [0.1, 0.15) is 4.60 Å². The van der Waals surface area contributed by atoms with E-state index in [0.717, 1.165) is 26.5 Å². The van der Waals surface area contributed by atoms with Gasteiger partial charge >= 0.3 is 0 Å². The Labute approximate surface area is 124 Å². The van der Waals surface area contributed by atoms with Gasteiger partial charge in [0, 0.05) is 11.8 Å². The Morgan fingerprint density at radius 1 is 1.37 bits per heavy atom. The van der Waals surface area contributed by atoms with Crippen LogP contribution in [0.2, 0.25) is 0 Å². The van der Waals surface area contributed by atoms with Crippen molar-refractivity contribution in [2.45, 2.75) is 20.4 Å². The Morgan fingerprint density at radius 3 is 2.84 bits per heavy atom. The lowest BCUT2D eigenvalue weighted by Gasteiger charge is -2.09. The lowest BCUT2D eigenvalue weighted by atomic mass is 10.3. The zero-order valence-corrected chi connectivity index (χ0v) is 13.1. The average molecular weight is 340 g/mol. The molecule has 0 saturated carbocycles. The lowest BCUT2D eigenvalue weighted by molar-refractivity contribution is -0.114. The Bertz CT molecular complexity index is 597. The summed E-state index contributed by atoms with van der Waals surface area (Å²) < 4.78 is 0.825. The number of carbonyl (C=O) groups is 1. The van der Waals surface area contributed by atoms with Crippen molar-refractivity contribution in [2.24, 2.45) is 0 Å². The highest BCUT2D eigenvalue weighted by Crippen LogP contribution is 2.24. The van der Waals surface area contributed by atoms with Crippen LogP contribution < -0.4 is 10.6 Å². The van der Waals surface area contributed by atoms with Crippen LogP contribution >= 0.6 is 27.3 Å². The number of aromatic nitrogens is 1. The first kappa shape index (κ1) is 14.0. The van der Waals surface area contributed by atoms with Gasteiger partial charge in [-0.25, -0.2) is 4.98 Å². The maximum Gasteiger partial charge on any atom is 0.221 e. The number of hydrogen-bond acceptors (Lipinski definition) is 4. The topological polar surface area (TPSA) is 54.0 Å². The van der Waals surface area contributed by atoms with Crippen molar-refractivity contribution in [3.05, 3.63) is 38.8 Å². The van der Waals surface area contributed by atoms with E-state index in [1.165, 1.54) is 6.92 Å². The van der Waals surface area contributed by atoms with Gasteiger partial charge < -0.3 is 10.6 Å². The summed E-state index contributed by atoms with van der Waals surface area (Å²) in [6.07, 6.45) is 0. The van der Waals surface area contributed by atoms with Crippen LogP contribution in [0.4, 0.5) is 11.4 Å². The Morgan fingerprint density at radius 2 is 2.16 bits per heavy atom. The molecule has 2 N–H and O–H groups in total. The van der Waals surface area contributed by atoms with Crippen molar-refractivity contribution in [1.29, 1.82) is 0 Å². The quantitative estimate of drug-likeness (QED) is 0.833. The molecule has 0 aliphatic rings. The summed E-state index contributed by atoms with van der Waals surface area (Å²) in [5.41, 5.74) is 2.80. The minimum absolute atomic E-state index is 0.0545. The summed E-state index contributed by atoms with van der Waals surface area (Å²) in [7, 11) is 0. The fourth-order valence-corrected chi connectivity index (χ4v) is 2.84. The molecule has 0 unspecified atom stereocenters. The molecule has 0 spiro atoms. The van der Waals surface area contributed by atoms with Crippen molar-refractivity contribution in [3.63, 3.8) is 0 Å². The van der Waals surface area contributed by atoms with Crippen LogP contribution in [0.25, 0.3) is 0 Å². The molecule has 100 valence electrons. The van der Waals surface area contributed by atoms with Crippen molar-refractivity contribution in [3.8, 4) is 0 Å². The molecule has 0 fully saturated rings. The lowest BCUT2D eigenvalue weighted by Crippen LogP contribution is -2.08. The van der Waals surface area contributed by atoms with Gasteiger partial charge in [0.25, 0.3) is 0 Å². The van der Waals surface area contributed by atoms with Crippen LogP contribution in [0.15, 0.2) is 28.2 Å². The predicted molar refractivity (Wildman–Crippen MR) is 82.6 cm³/mol. The third-order valence-corrected chi connectivity index (χ3v) is 3.91. The molecular weight excluding hydrogens is 326 g/mol. The predicted octanol–water partition coefficient (Wildman–Crippen LogP) is 3.78. The average Bonchev–Trinajstić information content (AvgIpc) is 2.74. The van der Waals surface area contributed by atoms with Gasteiger partial charge in [0.15, 0.2) is 0 Å². The number of aryl methyl sites for hydroxylation is 1. The summed E-state index contributed by atoms with van der Waals surface area (Å²) in [4.78, 5) is 16.5. The van der Waals surface area contributed by atoms with E-state index in [0.29, 0.717) is 6.54 Å². The molecule has 0 bridgehead atoms. The Hall–Kier alpha value is -1.40. The van der Waals surface area contributed by atoms with Gasteiger partial charge in [-0.2, -0.15) is 0 Å². The number of anilines is 2. The van der Waals surface area contributed by atoms with Crippen LogP contribution in [0, 0.1) is 6.92 Å². The molecule has 0 aliphatic heterocycles. The normalized spacial score (nSPS) is 10.3. The van der Waals surface area contributed by atoms with Crippen molar-refractivity contribution >= 4 is 44.5 Å². The summed E-state index contributed by atoms with van der Waals surface area (Å²) in [6.45, 7) is 4.13. The van der Waals surface area contributed by atoms with Crippen molar-refractivity contribution < 1.29 is 4.79 Å². The van der Waals surface area contributed by atoms with Gasteiger partial charge in [-0.1, -0.05) is 0 Å². The fraction of sp³-hybridized carbons (Fsp3) is 0.231. The first-order valence-electron chi connectivity index (χ1n) is 5.77. The smallest absolute Gasteiger partial charge is 0.221 e. The monoisotopic (exact) mass is 339 g/mol. The zero-order chi connectivity index (χ0) is 13.8. The third kappa shape index (κ3) is 3.78. The summed E-state index contributed by atoms with van der Waals surface area (Å²) in [5.74, 6) is -0.0545. The first-order chi connectivity index (χ1) is 9.06. The summed E-state index contributed by atoms with van der Waals surface area (Å²) >= 11 is 4.95.